The van der Waals surface area contributed by atoms with Gasteiger partial charge in [-0.25, -0.2) is 0 Å². The molecule has 0 atom stereocenters. The highest BCUT2D eigenvalue weighted by Gasteiger charge is 1.99. The second-order valence-electron chi connectivity index (χ2n) is 2.55. The minimum Gasteiger partial charge on any atom is -0.846 e. The van der Waals surface area contributed by atoms with Crippen LogP contribution in [0.3, 0.4) is 0 Å². The Morgan fingerprint density at radius 1 is 1.54 bits per heavy atom. The molecule has 0 amide bonds. The van der Waals surface area contributed by atoms with E-state index in [1.807, 2.05) is 0 Å². The summed E-state index contributed by atoms with van der Waals surface area (Å²) < 4.78 is 0. The molecule has 0 spiro atoms. The Labute approximate surface area is 82.3 Å². The van der Waals surface area contributed by atoms with Gasteiger partial charge in [0.25, 0.3) is 0 Å². The Morgan fingerprint density at radius 2 is 2.23 bits per heavy atom. The molecule has 0 aromatic heterocycles. The van der Waals surface area contributed by atoms with Crippen LogP contribution in [0.2, 0.25) is 5.02 Å². The third kappa shape index (κ3) is 2.36. The van der Waals surface area contributed by atoms with Crippen LogP contribution in [0.5, 0.6) is 0 Å². The molecule has 70 valence electrons. The maximum absolute atomic E-state index is 11.1. The zero-order chi connectivity index (χ0) is 9.84. The van der Waals surface area contributed by atoms with Gasteiger partial charge in [0.05, 0.1) is 6.02 Å². The minimum atomic E-state index is -0.290. The van der Waals surface area contributed by atoms with Crippen LogP contribution in [-0.4, -0.2) is 20.1 Å². The molecule has 0 aliphatic heterocycles. The number of benzene rings is 1. The number of nitrogens with zero attached hydrogens (tertiary/aromatic N) is 2. The monoisotopic (exact) mass is 197 g/mol. The number of amidine groups is 1. The fraction of sp³-hybridized carbons (Fsp3) is 0.222. The summed E-state index contributed by atoms with van der Waals surface area (Å²) in [5.41, 5.74) is 0.739. The number of anilines is 1. The van der Waals surface area contributed by atoms with Crippen molar-refractivity contribution in [1.82, 2.24) is 0 Å². The third-order valence-corrected chi connectivity index (χ3v) is 1.91. The second-order valence-corrected chi connectivity index (χ2v) is 2.98. The van der Waals surface area contributed by atoms with Crippen LogP contribution in [0.1, 0.15) is 0 Å². The first-order chi connectivity index (χ1) is 6.15. The van der Waals surface area contributed by atoms with E-state index in [4.69, 9.17) is 11.6 Å². The Morgan fingerprint density at radius 3 is 2.77 bits per heavy atom. The molecule has 1 aromatic carbocycles. The number of aliphatic imine (C=N–C) groups is 1. The van der Waals surface area contributed by atoms with Gasteiger partial charge >= 0.3 is 0 Å². The van der Waals surface area contributed by atoms with Gasteiger partial charge in [0, 0.05) is 24.8 Å². The van der Waals surface area contributed by atoms with Crippen molar-refractivity contribution in [3.63, 3.8) is 0 Å². The van der Waals surface area contributed by atoms with Gasteiger partial charge in [-0.05, 0) is 18.2 Å². The standard InChI is InChI=1S/C9H11ClN2O/c1-11-9(13)12(2)8-5-3-4-7(10)6-8/h3-6H,1-2H3,(H,11,13)/p-1. The van der Waals surface area contributed by atoms with E-state index in [1.54, 1.807) is 31.3 Å². The molecular weight excluding hydrogens is 188 g/mol. The zero-order valence-corrected chi connectivity index (χ0v) is 8.25. The molecule has 13 heavy (non-hydrogen) atoms. The largest absolute Gasteiger partial charge is 0.846 e. The van der Waals surface area contributed by atoms with Crippen molar-refractivity contribution in [3.05, 3.63) is 29.3 Å². The van der Waals surface area contributed by atoms with Gasteiger partial charge in [-0.1, -0.05) is 17.7 Å². The molecule has 0 saturated heterocycles. The first-order valence-corrected chi connectivity index (χ1v) is 4.16. The summed E-state index contributed by atoms with van der Waals surface area (Å²) in [6.07, 6.45) is 0. The molecule has 0 unspecified atom stereocenters. The maximum atomic E-state index is 11.1. The lowest BCUT2D eigenvalue weighted by Crippen LogP contribution is -2.36. The summed E-state index contributed by atoms with van der Waals surface area (Å²) >= 11 is 5.77. The van der Waals surface area contributed by atoms with Crippen molar-refractivity contribution < 1.29 is 5.11 Å². The van der Waals surface area contributed by atoms with Crippen LogP contribution in [0.25, 0.3) is 0 Å². The van der Waals surface area contributed by atoms with Crippen LogP contribution >= 0.6 is 11.6 Å². The number of halogens is 1. The number of rotatable bonds is 1. The van der Waals surface area contributed by atoms with Gasteiger partial charge in [0.1, 0.15) is 0 Å². The molecule has 0 N–H and O–H groups in total. The molecular formula is C9H10ClN2O-. The second kappa shape index (κ2) is 4.14. The molecule has 1 aromatic rings. The van der Waals surface area contributed by atoms with Gasteiger partial charge in [0.2, 0.25) is 0 Å². The molecule has 3 nitrogen and oxygen atoms in total. The Balaban J connectivity index is 2.95. The SMILES string of the molecule is CN=C([O-])N(C)c1cccc(Cl)c1. The molecule has 0 aliphatic carbocycles. The van der Waals surface area contributed by atoms with Crippen molar-refractivity contribution in [1.29, 1.82) is 0 Å². The summed E-state index contributed by atoms with van der Waals surface area (Å²) in [5, 5.41) is 11.7. The smallest absolute Gasteiger partial charge is 0.0538 e. The molecule has 0 saturated carbocycles. The van der Waals surface area contributed by atoms with Gasteiger partial charge in [-0.3, -0.25) is 4.99 Å². The number of hydrogen-bond acceptors (Lipinski definition) is 2. The van der Waals surface area contributed by atoms with Gasteiger partial charge in [-0.15, -0.1) is 0 Å². The molecule has 1 rings (SSSR count). The Hall–Kier alpha value is -1.22. The van der Waals surface area contributed by atoms with Crippen LogP contribution < -0.4 is 10.0 Å². The summed E-state index contributed by atoms with van der Waals surface area (Å²) in [5.74, 6) is 0. The van der Waals surface area contributed by atoms with E-state index in [0.717, 1.165) is 5.69 Å². The van der Waals surface area contributed by atoms with E-state index in [-0.39, 0.29) is 6.02 Å². The highest BCUT2D eigenvalue weighted by atomic mass is 35.5. The lowest BCUT2D eigenvalue weighted by molar-refractivity contribution is -0.217. The van der Waals surface area contributed by atoms with E-state index in [9.17, 15) is 5.11 Å². The van der Waals surface area contributed by atoms with Crippen molar-refractivity contribution in [2.45, 2.75) is 0 Å². The summed E-state index contributed by atoms with van der Waals surface area (Å²) in [6.45, 7) is 0. The van der Waals surface area contributed by atoms with Crippen molar-refractivity contribution in [3.8, 4) is 0 Å². The van der Waals surface area contributed by atoms with E-state index < -0.39 is 0 Å². The van der Waals surface area contributed by atoms with E-state index in [1.165, 1.54) is 11.9 Å². The normalized spacial score (nSPS) is 11.5. The average molecular weight is 198 g/mol. The predicted molar refractivity (Wildman–Crippen MR) is 53.2 cm³/mol. The first-order valence-electron chi connectivity index (χ1n) is 3.78. The molecule has 0 heterocycles. The van der Waals surface area contributed by atoms with Gasteiger partial charge in [-0.2, -0.15) is 0 Å². The van der Waals surface area contributed by atoms with E-state index >= 15 is 0 Å². The van der Waals surface area contributed by atoms with E-state index in [0.29, 0.717) is 5.02 Å². The molecule has 4 heteroatoms. The molecule has 0 aliphatic rings. The summed E-state index contributed by atoms with van der Waals surface area (Å²) in [7, 11) is 3.12. The quantitative estimate of drug-likeness (QED) is 0.500. The lowest BCUT2D eigenvalue weighted by atomic mass is 10.3. The number of hydrogen-bond donors (Lipinski definition) is 0. The maximum Gasteiger partial charge on any atom is 0.0538 e. The highest BCUT2D eigenvalue weighted by Crippen LogP contribution is 2.17. The summed E-state index contributed by atoms with van der Waals surface area (Å²) in [6, 6.07) is 6.77. The lowest BCUT2D eigenvalue weighted by Gasteiger charge is -2.24. The van der Waals surface area contributed by atoms with Gasteiger partial charge in [0.15, 0.2) is 0 Å². The van der Waals surface area contributed by atoms with Crippen LogP contribution in [0.15, 0.2) is 29.3 Å². The van der Waals surface area contributed by atoms with Crippen LogP contribution in [0.4, 0.5) is 5.69 Å². The fourth-order valence-corrected chi connectivity index (χ4v) is 1.13. The fourth-order valence-electron chi connectivity index (χ4n) is 0.945. The zero-order valence-electron chi connectivity index (χ0n) is 7.49. The molecule has 0 bridgehead atoms. The highest BCUT2D eigenvalue weighted by molar-refractivity contribution is 6.30. The Kier molecular flexibility index (Phi) is 3.14. The van der Waals surface area contributed by atoms with Crippen LogP contribution in [0, 0.1) is 0 Å². The topological polar surface area (TPSA) is 38.7 Å². The average Bonchev–Trinajstić information content (AvgIpc) is 2.15. The molecule has 0 fully saturated rings. The van der Waals surface area contributed by atoms with E-state index in [2.05, 4.69) is 4.99 Å². The first kappa shape index (κ1) is 9.86. The van der Waals surface area contributed by atoms with Crippen molar-refractivity contribution in [2.24, 2.45) is 4.99 Å². The minimum absolute atomic E-state index is 0.290. The molecule has 0 radical (unpaired) electrons. The van der Waals surface area contributed by atoms with Crippen LogP contribution in [-0.2, 0) is 0 Å². The predicted octanol–water partition coefficient (Wildman–Crippen LogP) is 1.12. The third-order valence-electron chi connectivity index (χ3n) is 1.67. The van der Waals surface area contributed by atoms with Crippen molar-refractivity contribution >= 4 is 23.3 Å². The van der Waals surface area contributed by atoms with Gasteiger partial charge < -0.3 is 10.0 Å². The van der Waals surface area contributed by atoms with Crippen molar-refractivity contribution in [2.75, 3.05) is 19.0 Å². The summed E-state index contributed by atoms with van der Waals surface area (Å²) in [4.78, 5) is 4.97. The Bertz CT molecular complexity index is 325.